The zero-order valence-electron chi connectivity index (χ0n) is 16.2. The molecular formula is C15H12F17NO. The third-order valence-corrected chi connectivity index (χ3v) is 4.35. The van der Waals surface area contributed by atoms with Crippen LogP contribution in [0.2, 0.25) is 0 Å². The van der Waals surface area contributed by atoms with Crippen LogP contribution >= 0.6 is 0 Å². The molecule has 0 aliphatic rings. The van der Waals surface area contributed by atoms with Crippen molar-refractivity contribution in [2.45, 2.75) is 61.0 Å². The first-order valence-electron chi connectivity index (χ1n) is 8.28. The number of halogens is 17. The van der Waals surface area contributed by atoms with Crippen molar-refractivity contribution in [3.05, 3.63) is 12.7 Å². The van der Waals surface area contributed by atoms with E-state index in [0.717, 1.165) is 6.92 Å². The fourth-order valence-corrected chi connectivity index (χ4v) is 2.18. The number of nitrogens with zero attached hydrogens (tertiary/aromatic N) is 1. The molecule has 0 aromatic carbocycles. The van der Waals surface area contributed by atoms with E-state index in [1.165, 1.54) is 0 Å². The summed E-state index contributed by atoms with van der Waals surface area (Å²) in [6, 6.07) is 0. The number of amides is 1. The Labute approximate surface area is 178 Å². The summed E-state index contributed by atoms with van der Waals surface area (Å²) in [5.74, 6) is -57.9. The minimum Gasteiger partial charge on any atom is -0.339 e. The summed E-state index contributed by atoms with van der Waals surface area (Å²) in [5.41, 5.74) is 0. The molecule has 0 aliphatic carbocycles. The molecule has 0 rings (SSSR count). The van der Waals surface area contributed by atoms with Crippen LogP contribution in [0.15, 0.2) is 12.7 Å². The molecule has 0 spiro atoms. The van der Waals surface area contributed by atoms with E-state index in [1.807, 2.05) is 0 Å². The lowest BCUT2D eigenvalue weighted by Crippen LogP contribution is -2.74. The van der Waals surface area contributed by atoms with Crippen molar-refractivity contribution >= 4 is 5.91 Å². The molecule has 0 fully saturated rings. The first kappa shape index (κ1) is 32.0. The van der Waals surface area contributed by atoms with Crippen molar-refractivity contribution < 1.29 is 79.4 Å². The third kappa shape index (κ3) is 4.49. The van der Waals surface area contributed by atoms with Gasteiger partial charge in [0.25, 0.3) is 0 Å². The molecule has 0 bridgehead atoms. The van der Waals surface area contributed by atoms with Gasteiger partial charge in [-0.1, -0.05) is 6.58 Å². The minimum atomic E-state index is -8.66. The molecule has 0 radical (unpaired) electrons. The normalized spacial score (nSPS) is 15.4. The highest BCUT2D eigenvalue weighted by molar-refractivity contribution is 5.86. The second kappa shape index (κ2) is 8.91. The number of carbonyl (C=O) groups excluding carboxylic acids is 1. The number of hydrogen-bond acceptors (Lipinski definition) is 1. The van der Waals surface area contributed by atoms with Gasteiger partial charge in [-0.05, 0) is 13.0 Å². The molecule has 0 atom stereocenters. The van der Waals surface area contributed by atoms with Gasteiger partial charge in [-0.3, -0.25) is 4.79 Å². The molecule has 0 N–H and O–H groups in total. The second-order valence-electron chi connectivity index (χ2n) is 6.52. The van der Waals surface area contributed by atoms with E-state index in [9.17, 15) is 79.4 Å². The zero-order valence-corrected chi connectivity index (χ0v) is 16.2. The smallest absolute Gasteiger partial charge is 0.339 e. The number of carbonyl (C=O) groups is 1. The van der Waals surface area contributed by atoms with E-state index in [4.69, 9.17) is 0 Å². The first-order chi connectivity index (χ1) is 14.7. The molecule has 19 heteroatoms. The largest absolute Gasteiger partial charge is 0.460 e. The fourth-order valence-electron chi connectivity index (χ4n) is 2.18. The predicted octanol–water partition coefficient (Wildman–Crippen LogP) is 6.42. The topological polar surface area (TPSA) is 20.3 Å². The summed E-state index contributed by atoms with van der Waals surface area (Å²) in [6.07, 6.45) is -10.1. The average molecular weight is 545 g/mol. The Morgan fingerprint density at radius 3 is 1.26 bits per heavy atom. The maximum Gasteiger partial charge on any atom is 0.460 e. The number of hydrogen-bond donors (Lipinski definition) is 0. The third-order valence-electron chi connectivity index (χ3n) is 4.35. The van der Waals surface area contributed by atoms with Gasteiger partial charge in [0.1, 0.15) is 0 Å². The van der Waals surface area contributed by atoms with Crippen molar-refractivity contribution in [1.82, 2.24) is 4.90 Å². The van der Waals surface area contributed by atoms with E-state index in [0.29, 0.717) is 6.08 Å². The van der Waals surface area contributed by atoms with E-state index in [1.54, 1.807) is 0 Å². The van der Waals surface area contributed by atoms with Gasteiger partial charge in [0.15, 0.2) is 0 Å². The Morgan fingerprint density at radius 2 is 0.971 bits per heavy atom. The molecule has 34 heavy (non-hydrogen) atoms. The van der Waals surface area contributed by atoms with E-state index < -0.39 is 73.1 Å². The molecule has 0 aliphatic heterocycles. The number of likely N-dealkylation sites (N-methyl/N-ethyl adjacent to an activating group) is 1. The summed E-state index contributed by atoms with van der Waals surface area (Å²) >= 11 is 0. The van der Waals surface area contributed by atoms with Gasteiger partial charge >= 0.3 is 47.6 Å². The van der Waals surface area contributed by atoms with Crippen LogP contribution in [0.3, 0.4) is 0 Å². The van der Waals surface area contributed by atoms with Crippen LogP contribution < -0.4 is 0 Å². The van der Waals surface area contributed by atoms with Gasteiger partial charge in [-0.25, -0.2) is 0 Å². The Balaban J connectivity index is 6.49. The summed E-state index contributed by atoms with van der Waals surface area (Å²) in [5, 5.41) is 0. The molecule has 0 aromatic heterocycles. The Morgan fingerprint density at radius 1 is 0.647 bits per heavy atom. The fraction of sp³-hybridized carbons (Fsp3) is 0.800. The molecule has 1 amide bonds. The lowest BCUT2D eigenvalue weighted by Gasteiger charge is -2.43. The molecule has 0 unspecified atom stereocenters. The standard InChI is InChI=1S/C15H12F17NO/c1-3-7(34)33(4-2)6-5-8(16,17)9(18,19)10(20,21)11(22,23)12(24,25)13(26,27)14(28,29)15(30,31)32/h3H,1,4-6H2,2H3. The Hall–Kier alpha value is -1.98. The van der Waals surface area contributed by atoms with Gasteiger partial charge in [-0.2, -0.15) is 74.6 Å². The Kier molecular flexibility index (Phi) is 8.39. The summed E-state index contributed by atoms with van der Waals surface area (Å²) in [4.78, 5) is 11.4. The lowest BCUT2D eigenvalue weighted by atomic mass is 9.88. The van der Waals surface area contributed by atoms with Crippen LogP contribution in [0.1, 0.15) is 13.3 Å². The van der Waals surface area contributed by atoms with Crippen molar-refractivity contribution in [3.8, 4) is 0 Å². The van der Waals surface area contributed by atoms with Crippen LogP contribution in [0, 0.1) is 0 Å². The van der Waals surface area contributed by atoms with Crippen molar-refractivity contribution in [3.63, 3.8) is 0 Å². The highest BCUT2D eigenvalue weighted by atomic mass is 19.4. The molecule has 0 heterocycles. The quantitative estimate of drug-likeness (QED) is 0.217. The maximum absolute atomic E-state index is 13.7. The first-order valence-corrected chi connectivity index (χ1v) is 8.28. The van der Waals surface area contributed by atoms with Gasteiger partial charge in [-0.15, -0.1) is 0 Å². The summed E-state index contributed by atoms with van der Waals surface area (Å²) in [7, 11) is 0. The lowest BCUT2D eigenvalue weighted by molar-refractivity contribution is -0.461. The molecule has 0 saturated heterocycles. The van der Waals surface area contributed by atoms with Gasteiger partial charge in [0, 0.05) is 19.5 Å². The minimum absolute atomic E-state index is 0.180. The second-order valence-corrected chi connectivity index (χ2v) is 6.52. The van der Waals surface area contributed by atoms with E-state index in [2.05, 4.69) is 6.58 Å². The van der Waals surface area contributed by atoms with Crippen LogP contribution in [0.4, 0.5) is 74.6 Å². The van der Waals surface area contributed by atoms with E-state index in [-0.39, 0.29) is 4.90 Å². The van der Waals surface area contributed by atoms with Crippen molar-refractivity contribution in [1.29, 1.82) is 0 Å². The Bertz CT molecular complexity index is 755. The molecule has 2 nitrogen and oxygen atoms in total. The zero-order chi connectivity index (χ0) is 28.0. The van der Waals surface area contributed by atoms with Crippen LogP contribution in [-0.4, -0.2) is 71.5 Å². The average Bonchev–Trinajstić information content (AvgIpc) is 2.66. The van der Waals surface area contributed by atoms with Crippen LogP contribution in [-0.2, 0) is 4.79 Å². The van der Waals surface area contributed by atoms with Gasteiger partial charge in [0.05, 0.1) is 0 Å². The molecule has 0 saturated carbocycles. The number of rotatable bonds is 11. The molecular weight excluding hydrogens is 533 g/mol. The van der Waals surface area contributed by atoms with Crippen molar-refractivity contribution in [2.75, 3.05) is 13.1 Å². The van der Waals surface area contributed by atoms with Gasteiger partial charge < -0.3 is 4.90 Å². The molecule has 202 valence electrons. The maximum atomic E-state index is 13.7. The summed E-state index contributed by atoms with van der Waals surface area (Å²) in [6.45, 7) is 1.59. The molecule has 0 aromatic rings. The summed E-state index contributed by atoms with van der Waals surface area (Å²) < 4.78 is 223. The van der Waals surface area contributed by atoms with Gasteiger partial charge in [0.2, 0.25) is 5.91 Å². The van der Waals surface area contributed by atoms with Crippen LogP contribution in [0.25, 0.3) is 0 Å². The predicted molar refractivity (Wildman–Crippen MR) is 77.8 cm³/mol. The van der Waals surface area contributed by atoms with Crippen molar-refractivity contribution in [2.24, 2.45) is 0 Å². The highest BCUT2D eigenvalue weighted by Crippen LogP contribution is 2.64. The highest BCUT2D eigenvalue weighted by Gasteiger charge is 2.95. The van der Waals surface area contributed by atoms with E-state index >= 15 is 0 Å². The van der Waals surface area contributed by atoms with Crippen LogP contribution in [0.5, 0.6) is 0 Å². The SMILES string of the molecule is C=CC(=O)N(CC)CCC(F)(F)C(F)(F)C(F)(F)C(F)(F)C(F)(F)C(F)(F)C(F)(F)C(F)(F)F. The monoisotopic (exact) mass is 545 g/mol. The number of alkyl halides is 17.